The number of phenolic OH excluding ortho intramolecular Hbond substituents is 2. The largest absolute Gasteiger partial charge is 0.508 e. The first-order chi connectivity index (χ1) is 9.58. The van der Waals surface area contributed by atoms with Crippen molar-refractivity contribution in [3.05, 3.63) is 53.9 Å². The third-order valence-corrected chi connectivity index (χ3v) is 2.59. The molecule has 0 aliphatic heterocycles. The van der Waals surface area contributed by atoms with Crippen LogP contribution in [0.15, 0.2) is 47.7 Å². The predicted molar refractivity (Wildman–Crippen MR) is 73.7 cm³/mol. The van der Waals surface area contributed by atoms with Gasteiger partial charge in [0.05, 0.1) is 5.71 Å². The molecule has 0 saturated carbocycles. The number of amides is 1. The minimum absolute atomic E-state index is 0.0448. The zero-order chi connectivity index (χ0) is 14.5. The summed E-state index contributed by atoms with van der Waals surface area (Å²) in [7, 11) is 0. The summed E-state index contributed by atoms with van der Waals surface area (Å²) in [6, 6.07) is 9.11. The number of hydrogen-bond donors (Lipinski definition) is 3. The number of benzene rings is 1. The third kappa shape index (κ3) is 3.11. The molecule has 0 saturated heterocycles. The van der Waals surface area contributed by atoms with Crippen LogP contribution in [0.25, 0.3) is 0 Å². The highest BCUT2D eigenvalue weighted by Gasteiger charge is 2.08. The minimum atomic E-state index is -0.441. The standard InChI is InChI=1S/C14H13N3O3/c1-9(11-6-5-10(18)8-13(11)19)16-17-14(20)12-4-2-3-7-15-12/h2-8,18-19H,1H3,(H,17,20)/b16-9-. The van der Waals surface area contributed by atoms with Gasteiger partial charge in [0.2, 0.25) is 0 Å². The summed E-state index contributed by atoms with van der Waals surface area (Å²) in [6.45, 7) is 1.63. The van der Waals surface area contributed by atoms with Gasteiger partial charge >= 0.3 is 0 Å². The number of aromatic nitrogens is 1. The molecule has 0 aliphatic carbocycles. The van der Waals surface area contributed by atoms with Gasteiger partial charge in [0.1, 0.15) is 17.2 Å². The molecular weight excluding hydrogens is 258 g/mol. The van der Waals surface area contributed by atoms with Gasteiger partial charge in [-0.1, -0.05) is 6.07 Å². The van der Waals surface area contributed by atoms with E-state index in [2.05, 4.69) is 15.5 Å². The Morgan fingerprint density at radius 1 is 1.25 bits per heavy atom. The van der Waals surface area contributed by atoms with Crippen molar-refractivity contribution in [3.8, 4) is 11.5 Å². The second kappa shape index (κ2) is 5.83. The molecule has 0 unspecified atom stereocenters. The van der Waals surface area contributed by atoms with E-state index in [-0.39, 0.29) is 17.2 Å². The van der Waals surface area contributed by atoms with Gasteiger partial charge in [-0.3, -0.25) is 9.78 Å². The van der Waals surface area contributed by atoms with Crippen molar-refractivity contribution < 1.29 is 15.0 Å². The van der Waals surface area contributed by atoms with E-state index in [1.807, 2.05) is 0 Å². The van der Waals surface area contributed by atoms with Crippen molar-refractivity contribution in [2.45, 2.75) is 6.92 Å². The molecule has 2 aromatic rings. The maximum absolute atomic E-state index is 11.7. The summed E-state index contributed by atoms with van der Waals surface area (Å²) in [5, 5.41) is 22.8. The number of pyridine rings is 1. The number of nitrogens with zero attached hydrogens (tertiary/aromatic N) is 2. The highest BCUT2D eigenvalue weighted by atomic mass is 16.3. The summed E-state index contributed by atoms with van der Waals surface area (Å²) >= 11 is 0. The number of hydrazone groups is 1. The Morgan fingerprint density at radius 2 is 2.05 bits per heavy atom. The van der Waals surface area contributed by atoms with Gasteiger partial charge < -0.3 is 10.2 Å². The summed E-state index contributed by atoms with van der Waals surface area (Å²) in [6.07, 6.45) is 1.51. The number of hydrogen-bond acceptors (Lipinski definition) is 5. The van der Waals surface area contributed by atoms with Crippen LogP contribution in [0.2, 0.25) is 0 Å². The molecule has 0 aliphatic rings. The Labute approximate surface area is 115 Å². The van der Waals surface area contributed by atoms with E-state index in [1.165, 1.54) is 24.4 Å². The first-order valence-electron chi connectivity index (χ1n) is 5.86. The normalized spacial score (nSPS) is 11.2. The molecule has 1 heterocycles. The average Bonchev–Trinajstić information content (AvgIpc) is 2.45. The Kier molecular flexibility index (Phi) is 3.95. The highest BCUT2D eigenvalue weighted by Crippen LogP contribution is 2.22. The zero-order valence-electron chi connectivity index (χ0n) is 10.7. The van der Waals surface area contributed by atoms with Gasteiger partial charge in [-0.25, -0.2) is 5.43 Å². The number of nitrogens with one attached hydrogen (secondary N) is 1. The molecular formula is C14H13N3O3. The van der Waals surface area contributed by atoms with Gasteiger partial charge in [-0.2, -0.15) is 5.10 Å². The molecule has 102 valence electrons. The third-order valence-electron chi connectivity index (χ3n) is 2.59. The van der Waals surface area contributed by atoms with Crippen molar-refractivity contribution in [2.24, 2.45) is 5.10 Å². The fraction of sp³-hybridized carbons (Fsp3) is 0.0714. The molecule has 6 nitrogen and oxygen atoms in total. The van der Waals surface area contributed by atoms with E-state index < -0.39 is 5.91 Å². The van der Waals surface area contributed by atoms with Crippen molar-refractivity contribution in [1.82, 2.24) is 10.4 Å². The maximum Gasteiger partial charge on any atom is 0.289 e. The average molecular weight is 271 g/mol. The van der Waals surface area contributed by atoms with Crippen LogP contribution in [-0.2, 0) is 0 Å². The Hall–Kier alpha value is -2.89. The first kappa shape index (κ1) is 13.5. The monoisotopic (exact) mass is 271 g/mol. The summed E-state index contributed by atoms with van der Waals surface area (Å²) in [4.78, 5) is 15.6. The Balaban J connectivity index is 2.13. The van der Waals surface area contributed by atoms with Crippen LogP contribution in [0.5, 0.6) is 11.5 Å². The Bertz CT molecular complexity index is 654. The van der Waals surface area contributed by atoms with Crippen LogP contribution >= 0.6 is 0 Å². The van der Waals surface area contributed by atoms with Gasteiger partial charge in [0.25, 0.3) is 5.91 Å². The molecule has 0 spiro atoms. The lowest BCUT2D eigenvalue weighted by Crippen LogP contribution is -2.20. The van der Waals surface area contributed by atoms with Crippen LogP contribution in [0.3, 0.4) is 0 Å². The SMILES string of the molecule is C/C(=N/NC(=O)c1ccccn1)c1ccc(O)cc1O. The molecule has 0 fully saturated rings. The van der Waals surface area contributed by atoms with E-state index in [9.17, 15) is 15.0 Å². The van der Waals surface area contributed by atoms with E-state index in [4.69, 9.17) is 0 Å². The van der Waals surface area contributed by atoms with Crippen LogP contribution in [0.4, 0.5) is 0 Å². The van der Waals surface area contributed by atoms with Crippen LogP contribution in [0, 0.1) is 0 Å². The highest BCUT2D eigenvalue weighted by molar-refractivity contribution is 6.02. The minimum Gasteiger partial charge on any atom is -0.508 e. The summed E-state index contributed by atoms with van der Waals surface area (Å²) in [5.74, 6) is -0.599. The van der Waals surface area contributed by atoms with E-state index >= 15 is 0 Å². The van der Waals surface area contributed by atoms with E-state index in [0.717, 1.165) is 0 Å². The number of carbonyl (C=O) groups excluding carboxylic acids is 1. The lowest BCUT2D eigenvalue weighted by Gasteiger charge is -2.05. The zero-order valence-corrected chi connectivity index (χ0v) is 10.7. The summed E-state index contributed by atoms with van der Waals surface area (Å²) < 4.78 is 0. The molecule has 0 radical (unpaired) electrons. The van der Waals surface area contributed by atoms with Crippen molar-refractivity contribution in [3.63, 3.8) is 0 Å². The number of carbonyl (C=O) groups is 1. The number of aromatic hydroxyl groups is 2. The quantitative estimate of drug-likeness (QED) is 0.584. The molecule has 0 atom stereocenters. The molecule has 1 aromatic heterocycles. The fourth-order valence-electron chi connectivity index (χ4n) is 1.58. The van der Waals surface area contributed by atoms with Crippen LogP contribution in [0.1, 0.15) is 23.0 Å². The van der Waals surface area contributed by atoms with E-state index in [0.29, 0.717) is 11.3 Å². The Morgan fingerprint density at radius 3 is 2.70 bits per heavy atom. The van der Waals surface area contributed by atoms with Gasteiger partial charge in [-0.05, 0) is 31.2 Å². The van der Waals surface area contributed by atoms with Crippen LogP contribution < -0.4 is 5.43 Å². The second-order valence-corrected chi connectivity index (χ2v) is 4.05. The number of rotatable bonds is 3. The molecule has 2 rings (SSSR count). The lowest BCUT2D eigenvalue weighted by atomic mass is 10.1. The van der Waals surface area contributed by atoms with Gasteiger partial charge in [-0.15, -0.1) is 0 Å². The molecule has 1 amide bonds. The van der Waals surface area contributed by atoms with Gasteiger partial charge in [0, 0.05) is 17.8 Å². The second-order valence-electron chi connectivity index (χ2n) is 4.05. The fourth-order valence-corrected chi connectivity index (χ4v) is 1.58. The molecule has 3 N–H and O–H groups in total. The van der Waals surface area contributed by atoms with E-state index in [1.54, 1.807) is 25.1 Å². The predicted octanol–water partition coefficient (Wildman–Crippen LogP) is 1.65. The smallest absolute Gasteiger partial charge is 0.289 e. The summed E-state index contributed by atoms with van der Waals surface area (Å²) in [5.41, 5.74) is 3.43. The van der Waals surface area contributed by atoms with Crippen molar-refractivity contribution >= 4 is 11.6 Å². The maximum atomic E-state index is 11.7. The molecule has 1 aromatic carbocycles. The molecule has 20 heavy (non-hydrogen) atoms. The molecule has 0 bridgehead atoms. The molecule has 6 heteroatoms. The van der Waals surface area contributed by atoms with Gasteiger partial charge in [0.15, 0.2) is 0 Å². The van der Waals surface area contributed by atoms with Crippen molar-refractivity contribution in [2.75, 3.05) is 0 Å². The lowest BCUT2D eigenvalue weighted by molar-refractivity contribution is 0.0950. The number of phenols is 2. The first-order valence-corrected chi connectivity index (χ1v) is 5.86. The van der Waals surface area contributed by atoms with Crippen molar-refractivity contribution in [1.29, 1.82) is 0 Å². The van der Waals surface area contributed by atoms with Crippen LogP contribution in [-0.4, -0.2) is 26.8 Å². The topological polar surface area (TPSA) is 94.8 Å².